The largest absolute Gasteiger partial charge is 0.339 e. The number of benzene rings is 1. The average Bonchev–Trinajstić information content (AvgIpc) is 2.47. The summed E-state index contributed by atoms with van der Waals surface area (Å²) in [6.45, 7) is 3.75. The molecular formula is C16H20BrFN2O. The first-order valence-electron chi connectivity index (χ1n) is 7.54. The van der Waals surface area contributed by atoms with E-state index in [2.05, 4.69) is 21.2 Å². The third-order valence-corrected chi connectivity index (χ3v) is 5.34. The first-order chi connectivity index (χ1) is 10.1. The fraction of sp³-hybridized carbons (Fsp3) is 0.562. The van der Waals surface area contributed by atoms with Crippen molar-refractivity contribution in [2.45, 2.75) is 25.7 Å². The Hall–Kier alpha value is -0.940. The van der Waals surface area contributed by atoms with Crippen molar-refractivity contribution in [2.24, 2.45) is 5.41 Å². The molecule has 0 aromatic heterocycles. The number of likely N-dealkylation sites (tertiary alicyclic amines) is 1. The van der Waals surface area contributed by atoms with Gasteiger partial charge in [-0.3, -0.25) is 4.79 Å². The highest BCUT2D eigenvalue weighted by atomic mass is 79.9. The van der Waals surface area contributed by atoms with Crippen molar-refractivity contribution >= 4 is 21.8 Å². The third-order valence-electron chi connectivity index (χ3n) is 4.89. The van der Waals surface area contributed by atoms with Crippen molar-refractivity contribution in [1.29, 1.82) is 0 Å². The molecule has 1 N–H and O–H groups in total. The van der Waals surface area contributed by atoms with Crippen molar-refractivity contribution in [2.75, 3.05) is 26.2 Å². The first kappa shape index (κ1) is 15.0. The predicted molar refractivity (Wildman–Crippen MR) is 83.8 cm³/mol. The van der Waals surface area contributed by atoms with Gasteiger partial charge in [-0.1, -0.05) is 15.9 Å². The number of nitrogens with zero attached hydrogens (tertiary/aromatic N) is 1. The molecule has 3 rings (SSSR count). The van der Waals surface area contributed by atoms with Crippen LogP contribution in [0.25, 0.3) is 0 Å². The van der Waals surface area contributed by atoms with Crippen LogP contribution < -0.4 is 5.32 Å². The van der Waals surface area contributed by atoms with Crippen LogP contribution in [0, 0.1) is 11.2 Å². The van der Waals surface area contributed by atoms with Gasteiger partial charge in [0.05, 0.1) is 0 Å². The molecule has 3 nitrogen and oxygen atoms in total. The zero-order valence-electron chi connectivity index (χ0n) is 12.0. The molecule has 2 fully saturated rings. The minimum atomic E-state index is -0.375. The molecule has 2 saturated heterocycles. The number of amides is 1. The van der Waals surface area contributed by atoms with E-state index in [1.54, 1.807) is 6.07 Å². The zero-order valence-corrected chi connectivity index (χ0v) is 13.6. The number of carbonyl (C=O) groups excluding carboxylic acids is 1. The van der Waals surface area contributed by atoms with Gasteiger partial charge in [0.15, 0.2) is 0 Å². The number of carbonyl (C=O) groups is 1. The van der Waals surface area contributed by atoms with Gasteiger partial charge in [-0.05, 0) is 62.4 Å². The molecule has 114 valence electrons. The summed E-state index contributed by atoms with van der Waals surface area (Å²) >= 11 is 3.25. The maximum Gasteiger partial charge on any atom is 0.253 e. The lowest BCUT2D eigenvalue weighted by atomic mass is 9.71. The summed E-state index contributed by atoms with van der Waals surface area (Å²) in [7, 11) is 0. The monoisotopic (exact) mass is 354 g/mol. The summed E-state index contributed by atoms with van der Waals surface area (Å²) in [6.07, 6.45) is 4.55. The fourth-order valence-corrected chi connectivity index (χ4v) is 3.97. The SMILES string of the molecule is O=C(c1cc(F)cc(Br)c1)N1CCC2(CCNCC2)CC1. The van der Waals surface area contributed by atoms with E-state index in [4.69, 9.17) is 0 Å². The predicted octanol–water partition coefficient (Wildman–Crippen LogP) is 3.19. The van der Waals surface area contributed by atoms with E-state index in [1.165, 1.54) is 25.0 Å². The van der Waals surface area contributed by atoms with Crippen molar-refractivity contribution in [3.8, 4) is 0 Å². The minimum Gasteiger partial charge on any atom is -0.339 e. The Labute approximate surface area is 133 Å². The Morgan fingerprint density at radius 3 is 2.43 bits per heavy atom. The molecule has 0 bridgehead atoms. The number of hydrogen-bond donors (Lipinski definition) is 1. The molecule has 0 atom stereocenters. The van der Waals surface area contributed by atoms with Crippen molar-refractivity contribution in [3.63, 3.8) is 0 Å². The maximum absolute atomic E-state index is 13.4. The maximum atomic E-state index is 13.4. The molecule has 2 heterocycles. The molecule has 1 aromatic carbocycles. The Morgan fingerprint density at radius 2 is 1.81 bits per heavy atom. The highest BCUT2D eigenvalue weighted by Crippen LogP contribution is 2.39. The van der Waals surface area contributed by atoms with Crippen LogP contribution in [-0.4, -0.2) is 37.0 Å². The second-order valence-electron chi connectivity index (χ2n) is 6.20. The highest BCUT2D eigenvalue weighted by molar-refractivity contribution is 9.10. The van der Waals surface area contributed by atoms with Gasteiger partial charge in [-0.2, -0.15) is 0 Å². The van der Waals surface area contributed by atoms with E-state index in [1.807, 2.05) is 4.90 Å². The number of rotatable bonds is 1. The number of nitrogens with one attached hydrogen (secondary N) is 1. The van der Waals surface area contributed by atoms with Gasteiger partial charge < -0.3 is 10.2 Å². The smallest absolute Gasteiger partial charge is 0.253 e. The average molecular weight is 355 g/mol. The lowest BCUT2D eigenvalue weighted by Gasteiger charge is -2.44. The van der Waals surface area contributed by atoms with Gasteiger partial charge in [-0.15, -0.1) is 0 Å². The van der Waals surface area contributed by atoms with Crippen LogP contribution in [0.2, 0.25) is 0 Å². The molecule has 1 amide bonds. The Bertz CT molecular complexity index is 513. The van der Waals surface area contributed by atoms with Crippen LogP contribution in [-0.2, 0) is 0 Å². The fourth-order valence-electron chi connectivity index (χ4n) is 3.50. The standard InChI is InChI=1S/C16H20BrFN2O/c17-13-9-12(10-14(18)11-13)15(21)20-7-3-16(4-8-20)1-5-19-6-2-16/h9-11,19H,1-8H2. The van der Waals surface area contributed by atoms with E-state index in [0.29, 0.717) is 15.5 Å². The quantitative estimate of drug-likeness (QED) is 0.839. The van der Waals surface area contributed by atoms with Crippen molar-refractivity contribution in [3.05, 3.63) is 34.1 Å². The summed E-state index contributed by atoms with van der Waals surface area (Å²) in [6, 6.07) is 4.39. The zero-order chi connectivity index (χ0) is 14.9. The molecule has 21 heavy (non-hydrogen) atoms. The molecule has 0 radical (unpaired) electrons. The summed E-state index contributed by atoms with van der Waals surface area (Å²) in [5, 5.41) is 3.40. The normalized spacial score (nSPS) is 21.5. The van der Waals surface area contributed by atoms with Crippen molar-refractivity contribution < 1.29 is 9.18 Å². The minimum absolute atomic E-state index is 0.0565. The molecule has 5 heteroatoms. The van der Waals surface area contributed by atoms with E-state index >= 15 is 0 Å². The van der Waals surface area contributed by atoms with E-state index in [0.717, 1.165) is 39.0 Å². The second kappa shape index (κ2) is 6.05. The van der Waals surface area contributed by atoms with Crippen LogP contribution in [0.3, 0.4) is 0 Å². The van der Waals surface area contributed by atoms with Gasteiger partial charge in [0, 0.05) is 23.1 Å². The third kappa shape index (κ3) is 3.29. The lowest BCUT2D eigenvalue weighted by molar-refractivity contribution is 0.0495. The summed E-state index contributed by atoms with van der Waals surface area (Å²) in [5.41, 5.74) is 0.855. The van der Waals surface area contributed by atoms with E-state index in [9.17, 15) is 9.18 Å². The van der Waals surface area contributed by atoms with Crippen LogP contribution in [0.4, 0.5) is 4.39 Å². The highest BCUT2D eigenvalue weighted by Gasteiger charge is 2.36. The lowest BCUT2D eigenvalue weighted by Crippen LogP contribution is -2.47. The first-order valence-corrected chi connectivity index (χ1v) is 8.33. The molecule has 0 saturated carbocycles. The summed E-state index contributed by atoms with van der Waals surface area (Å²) in [5.74, 6) is -0.432. The summed E-state index contributed by atoms with van der Waals surface area (Å²) in [4.78, 5) is 14.4. The molecular weight excluding hydrogens is 335 g/mol. The van der Waals surface area contributed by atoms with Gasteiger partial charge in [0.2, 0.25) is 0 Å². The Kier molecular flexibility index (Phi) is 4.31. The van der Waals surface area contributed by atoms with Crippen LogP contribution >= 0.6 is 15.9 Å². The number of halogens is 2. The second-order valence-corrected chi connectivity index (χ2v) is 7.12. The van der Waals surface area contributed by atoms with Gasteiger partial charge in [-0.25, -0.2) is 4.39 Å². The molecule has 0 unspecified atom stereocenters. The van der Waals surface area contributed by atoms with E-state index in [-0.39, 0.29) is 11.7 Å². The molecule has 2 aliphatic rings. The van der Waals surface area contributed by atoms with Gasteiger partial charge >= 0.3 is 0 Å². The summed E-state index contributed by atoms with van der Waals surface area (Å²) < 4.78 is 14.0. The molecule has 1 aromatic rings. The number of piperidine rings is 2. The topological polar surface area (TPSA) is 32.3 Å². The Balaban J connectivity index is 1.67. The Morgan fingerprint density at radius 1 is 1.14 bits per heavy atom. The van der Waals surface area contributed by atoms with Gasteiger partial charge in [0.25, 0.3) is 5.91 Å². The van der Waals surface area contributed by atoms with Crippen LogP contribution in [0.1, 0.15) is 36.0 Å². The van der Waals surface area contributed by atoms with Crippen LogP contribution in [0.15, 0.2) is 22.7 Å². The molecule has 1 spiro atoms. The van der Waals surface area contributed by atoms with Crippen molar-refractivity contribution in [1.82, 2.24) is 10.2 Å². The van der Waals surface area contributed by atoms with E-state index < -0.39 is 0 Å². The van der Waals surface area contributed by atoms with Crippen LogP contribution in [0.5, 0.6) is 0 Å². The number of hydrogen-bond acceptors (Lipinski definition) is 2. The molecule has 2 aliphatic heterocycles. The van der Waals surface area contributed by atoms with Gasteiger partial charge in [0.1, 0.15) is 5.82 Å². The molecule has 0 aliphatic carbocycles.